The zero-order valence-corrected chi connectivity index (χ0v) is 10.4. The first-order valence-electron chi connectivity index (χ1n) is 5.17. The summed E-state index contributed by atoms with van der Waals surface area (Å²) >= 11 is 3.17. The summed E-state index contributed by atoms with van der Waals surface area (Å²) in [5.41, 5.74) is 0.0853. The van der Waals surface area contributed by atoms with Crippen molar-refractivity contribution >= 4 is 15.9 Å². The Labute approximate surface area is 105 Å². The first-order valence-corrected chi connectivity index (χ1v) is 5.97. The molecule has 1 N–H and O–H groups in total. The number of halogens is 4. The predicted molar refractivity (Wildman–Crippen MR) is 60.7 cm³/mol. The van der Waals surface area contributed by atoms with E-state index in [9.17, 15) is 13.2 Å². The quantitative estimate of drug-likeness (QED) is 0.860. The number of ether oxygens (including phenoxy) is 1. The lowest BCUT2D eigenvalue weighted by Gasteiger charge is -2.25. The van der Waals surface area contributed by atoms with Gasteiger partial charge in [-0.25, -0.2) is 0 Å². The minimum Gasteiger partial charge on any atom is -0.371 e. The third-order valence-corrected chi connectivity index (χ3v) is 3.29. The van der Waals surface area contributed by atoms with E-state index in [1.54, 1.807) is 0 Å². The first-order chi connectivity index (χ1) is 7.98. The van der Waals surface area contributed by atoms with Crippen LogP contribution in [0.25, 0.3) is 0 Å². The molecule has 0 aliphatic carbocycles. The molecular formula is C11H11BrF3NO. The van der Waals surface area contributed by atoms with Gasteiger partial charge in [0.15, 0.2) is 0 Å². The highest BCUT2D eigenvalue weighted by Crippen LogP contribution is 2.34. The van der Waals surface area contributed by atoms with E-state index in [4.69, 9.17) is 4.74 Å². The maximum absolute atomic E-state index is 12.5. The molecule has 0 amide bonds. The van der Waals surface area contributed by atoms with Crippen LogP contribution in [0, 0.1) is 0 Å². The van der Waals surface area contributed by atoms with E-state index in [1.807, 2.05) is 0 Å². The molecule has 1 heterocycles. The molecule has 1 aromatic rings. The van der Waals surface area contributed by atoms with Gasteiger partial charge in [-0.1, -0.05) is 22.0 Å². The fraction of sp³-hybridized carbons (Fsp3) is 0.455. The summed E-state index contributed by atoms with van der Waals surface area (Å²) in [5, 5.41) is 3.14. The van der Waals surface area contributed by atoms with Crippen LogP contribution in [0.1, 0.15) is 17.2 Å². The smallest absolute Gasteiger partial charge is 0.371 e. The summed E-state index contributed by atoms with van der Waals surface area (Å²) in [6.45, 7) is 1.96. The first kappa shape index (κ1) is 12.9. The highest BCUT2D eigenvalue weighted by molar-refractivity contribution is 9.10. The van der Waals surface area contributed by atoms with E-state index in [2.05, 4.69) is 21.2 Å². The number of alkyl halides is 3. The number of nitrogens with one attached hydrogen (secondary N) is 1. The molecule has 17 heavy (non-hydrogen) atoms. The molecule has 0 saturated carbocycles. The second-order valence-electron chi connectivity index (χ2n) is 3.80. The van der Waals surface area contributed by atoms with Crippen molar-refractivity contribution in [3.8, 4) is 0 Å². The Kier molecular flexibility index (Phi) is 3.75. The molecule has 1 atom stereocenters. The summed E-state index contributed by atoms with van der Waals surface area (Å²) in [6, 6.07) is 3.63. The van der Waals surface area contributed by atoms with Gasteiger partial charge in [0.25, 0.3) is 0 Å². The maximum atomic E-state index is 12.5. The van der Waals surface area contributed by atoms with Crippen LogP contribution in [0.4, 0.5) is 13.2 Å². The zero-order chi connectivity index (χ0) is 12.5. The van der Waals surface area contributed by atoms with Crippen molar-refractivity contribution in [3.05, 3.63) is 33.8 Å². The van der Waals surface area contributed by atoms with Gasteiger partial charge in [-0.05, 0) is 17.7 Å². The Morgan fingerprint density at radius 3 is 2.65 bits per heavy atom. The molecule has 2 nitrogen and oxygen atoms in total. The van der Waals surface area contributed by atoms with E-state index in [0.29, 0.717) is 17.6 Å². The molecule has 1 unspecified atom stereocenters. The molecule has 1 saturated heterocycles. The Morgan fingerprint density at radius 1 is 1.35 bits per heavy atom. The van der Waals surface area contributed by atoms with Crippen molar-refractivity contribution in [2.75, 3.05) is 19.7 Å². The Morgan fingerprint density at radius 2 is 2.12 bits per heavy atom. The van der Waals surface area contributed by atoms with Gasteiger partial charge in [0.1, 0.15) is 0 Å². The van der Waals surface area contributed by atoms with Gasteiger partial charge in [-0.15, -0.1) is 0 Å². The average molecular weight is 310 g/mol. The van der Waals surface area contributed by atoms with Crippen LogP contribution in [0.3, 0.4) is 0 Å². The van der Waals surface area contributed by atoms with E-state index in [-0.39, 0.29) is 6.10 Å². The molecule has 0 radical (unpaired) electrons. The van der Waals surface area contributed by atoms with Crippen molar-refractivity contribution < 1.29 is 17.9 Å². The highest BCUT2D eigenvalue weighted by Gasteiger charge is 2.31. The van der Waals surface area contributed by atoms with E-state index in [1.165, 1.54) is 6.07 Å². The van der Waals surface area contributed by atoms with Gasteiger partial charge in [0, 0.05) is 17.6 Å². The molecule has 94 valence electrons. The summed E-state index contributed by atoms with van der Waals surface area (Å²) in [4.78, 5) is 0. The van der Waals surface area contributed by atoms with Crippen LogP contribution in [-0.4, -0.2) is 19.7 Å². The second kappa shape index (κ2) is 4.96. The molecule has 0 aromatic heterocycles. The third-order valence-electron chi connectivity index (χ3n) is 2.60. The lowest BCUT2D eigenvalue weighted by atomic mass is 10.1. The number of hydrogen-bond donors (Lipinski definition) is 1. The van der Waals surface area contributed by atoms with E-state index >= 15 is 0 Å². The third kappa shape index (κ3) is 3.00. The predicted octanol–water partition coefficient (Wildman–Crippen LogP) is 3.13. The number of hydrogen-bond acceptors (Lipinski definition) is 2. The number of benzene rings is 1. The monoisotopic (exact) mass is 309 g/mol. The SMILES string of the molecule is FC(F)(F)c1ccc(C2CNCCO2)c(Br)c1. The fourth-order valence-electron chi connectivity index (χ4n) is 1.73. The summed E-state index contributed by atoms with van der Waals surface area (Å²) in [5.74, 6) is 0. The van der Waals surface area contributed by atoms with Crippen LogP contribution in [0.5, 0.6) is 0 Å². The molecule has 0 bridgehead atoms. The summed E-state index contributed by atoms with van der Waals surface area (Å²) in [6.07, 6.45) is -4.51. The topological polar surface area (TPSA) is 21.3 Å². The van der Waals surface area contributed by atoms with Gasteiger partial charge in [0.2, 0.25) is 0 Å². The molecule has 1 aliphatic rings. The summed E-state index contributed by atoms with van der Waals surface area (Å²) < 4.78 is 43.4. The maximum Gasteiger partial charge on any atom is 0.416 e. The van der Waals surface area contributed by atoms with Crippen LogP contribution in [0.2, 0.25) is 0 Å². The standard InChI is InChI=1S/C11H11BrF3NO/c12-9-5-7(11(13,14)15)1-2-8(9)10-6-16-3-4-17-10/h1-2,5,10,16H,3-4,6H2. The normalized spacial score (nSPS) is 21.5. The number of rotatable bonds is 1. The second-order valence-corrected chi connectivity index (χ2v) is 4.65. The van der Waals surface area contributed by atoms with Crippen LogP contribution >= 0.6 is 15.9 Å². The van der Waals surface area contributed by atoms with Crippen LogP contribution < -0.4 is 5.32 Å². The molecule has 6 heteroatoms. The summed E-state index contributed by atoms with van der Waals surface area (Å²) in [7, 11) is 0. The molecular weight excluding hydrogens is 299 g/mol. The largest absolute Gasteiger partial charge is 0.416 e. The van der Waals surface area contributed by atoms with Crippen molar-refractivity contribution in [3.63, 3.8) is 0 Å². The van der Waals surface area contributed by atoms with Gasteiger partial charge in [0.05, 0.1) is 18.3 Å². The Balaban J connectivity index is 2.25. The Bertz CT molecular complexity index is 402. The van der Waals surface area contributed by atoms with E-state index < -0.39 is 11.7 Å². The van der Waals surface area contributed by atoms with Crippen molar-refractivity contribution in [1.29, 1.82) is 0 Å². The molecule has 1 aromatic carbocycles. The van der Waals surface area contributed by atoms with Gasteiger partial charge in [-0.3, -0.25) is 0 Å². The Hall–Kier alpha value is -0.590. The minimum atomic E-state index is -4.31. The van der Waals surface area contributed by atoms with Gasteiger partial charge < -0.3 is 10.1 Å². The minimum absolute atomic E-state index is 0.194. The molecule has 1 fully saturated rings. The van der Waals surface area contributed by atoms with Gasteiger partial charge >= 0.3 is 6.18 Å². The molecule has 1 aliphatic heterocycles. The zero-order valence-electron chi connectivity index (χ0n) is 8.85. The average Bonchev–Trinajstić information content (AvgIpc) is 2.29. The van der Waals surface area contributed by atoms with Crippen molar-refractivity contribution in [1.82, 2.24) is 5.32 Å². The van der Waals surface area contributed by atoms with Crippen LogP contribution in [-0.2, 0) is 10.9 Å². The van der Waals surface area contributed by atoms with Gasteiger partial charge in [-0.2, -0.15) is 13.2 Å². The van der Waals surface area contributed by atoms with Crippen molar-refractivity contribution in [2.24, 2.45) is 0 Å². The highest BCUT2D eigenvalue weighted by atomic mass is 79.9. The number of morpholine rings is 1. The van der Waals surface area contributed by atoms with E-state index in [0.717, 1.165) is 24.2 Å². The molecule has 2 rings (SSSR count). The van der Waals surface area contributed by atoms with Crippen LogP contribution in [0.15, 0.2) is 22.7 Å². The molecule has 0 spiro atoms. The lowest BCUT2D eigenvalue weighted by Crippen LogP contribution is -2.33. The van der Waals surface area contributed by atoms with Crippen molar-refractivity contribution in [2.45, 2.75) is 12.3 Å². The fourth-order valence-corrected chi connectivity index (χ4v) is 2.36. The lowest BCUT2D eigenvalue weighted by molar-refractivity contribution is -0.137.